The Morgan fingerprint density at radius 1 is 0.889 bits per heavy atom. The van der Waals surface area contributed by atoms with Gasteiger partial charge in [-0.25, -0.2) is 0 Å². The summed E-state index contributed by atoms with van der Waals surface area (Å²) >= 11 is 0. The Labute approximate surface area is 159 Å². The SMILES string of the molecule is CC1C=CC2=C(C=C1)C1(C3=C(N)CC=C3c3ccccc31)c1ccccc12. The summed E-state index contributed by atoms with van der Waals surface area (Å²) in [4.78, 5) is 0. The summed E-state index contributed by atoms with van der Waals surface area (Å²) in [5, 5.41) is 0. The first-order valence-corrected chi connectivity index (χ1v) is 9.73. The topological polar surface area (TPSA) is 26.0 Å². The maximum absolute atomic E-state index is 6.66. The number of hydrogen-bond donors (Lipinski definition) is 1. The van der Waals surface area contributed by atoms with Crippen LogP contribution >= 0.6 is 0 Å². The molecule has 2 aromatic rings. The van der Waals surface area contributed by atoms with Crippen LogP contribution in [0.15, 0.2) is 95.8 Å². The van der Waals surface area contributed by atoms with Crippen molar-refractivity contribution in [2.24, 2.45) is 11.7 Å². The summed E-state index contributed by atoms with van der Waals surface area (Å²) in [6.45, 7) is 2.24. The van der Waals surface area contributed by atoms with Crippen molar-refractivity contribution in [1.29, 1.82) is 0 Å². The Morgan fingerprint density at radius 2 is 1.56 bits per heavy atom. The Balaban J connectivity index is 1.82. The Kier molecular flexibility index (Phi) is 2.79. The average Bonchev–Trinajstić information content (AvgIpc) is 3.25. The molecule has 6 rings (SSSR count). The van der Waals surface area contributed by atoms with Gasteiger partial charge in [0.05, 0.1) is 5.41 Å². The lowest BCUT2D eigenvalue weighted by Gasteiger charge is -2.32. The first-order chi connectivity index (χ1) is 13.2. The van der Waals surface area contributed by atoms with Crippen LogP contribution in [0.2, 0.25) is 0 Å². The molecule has 4 aliphatic carbocycles. The zero-order chi connectivity index (χ0) is 18.2. The number of rotatable bonds is 0. The van der Waals surface area contributed by atoms with Gasteiger partial charge in [-0.15, -0.1) is 0 Å². The lowest BCUT2D eigenvalue weighted by Crippen LogP contribution is -2.28. The number of fused-ring (bicyclic) bond motifs is 9. The summed E-state index contributed by atoms with van der Waals surface area (Å²) in [5.74, 6) is 0.432. The molecule has 0 saturated carbocycles. The zero-order valence-electron chi connectivity index (χ0n) is 15.4. The van der Waals surface area contributed by atoms with Gasteiger partial charge in [-0.1, -0.05) is 85.8 Å². The third-order valence-corrected chi connectivity index (χ3v) is 6.56. The molecule has 1 spiro atoms. The maximum Gasteiger partial charge on any atom is 0.0742 e. The van der Waals surface area contributed by atoms with Crippen LogP contribution in [0.1, 0.15) is 35.6 Å². The Hall–Kier alpha value is -3.06. The third-order valence-electron chi connectivity index (χ3n) is 6.56. The van der Waals surface area contributed by atoms with Gasteiger partial charge in [0.1, 0.15) is 0 Å². The Bertz CT molecular complexity index is 1170. The fourth-order valence-electron chi connectivity index (χ4n) is 5.51. The molecule has 1 heteroatoms. The second-order valence-electron chi connectivity index (χ2n) is 7.97. The minimum absolute atomic E-state index is 0.278. The molecule has 2 atom stereocenters. The standard InChI is InChI=1S/C26H21N/c1-16-10-12-19-17-6-2-4-8-21(17)26(23(19)14-11-16)22-9-5-3-7-18(22)20-13-15-24(27)25(20)26/h2-14,16H,15,27H2,1H3. The molecule has 0 aromatic heterocycles. The van der Waals surface area contributed by atoms with Gasteiger partial charge in [-0.05, 0) is 50.5 Å². The van der Waals surface area contributed by atoms with Gasteiger partial charge >= 0.3 is 0 Å². The van der Waals surface area contributed by atoms with Crippen LogP contribution in [-0.2, 0) is 5.41 Å². The smallest absolute Gasteiger partial charge is 0.0742 e. The second kappa shape index (κ2) is 5.01. The van der Waals surface area contributed by atoms with Crippen molar-refractivity contribution in [3.8, 4) is 0 Å². The first-order valence-electron chi connectivity index (χ1n) is 9.73. The van der Waals surface area contributed by atoms with E-state index in [9.17, 15) is 0 Å². The van der Waals surface area contributed by atoms with Crippen molar-refractivity contribution < 1.29 is 0 Å². The predicted molar refractivity (Wildman–Crippen MR) is 112 cm³/mol. The van der Waals surface area contributed by atoms with Crippen molar-refractivity contribution >= 4 is 11.1 Å². The predicted octanol–water partition coefficient (Wildman–Crippen LogP) is 5.52. The molecule has 2 N–H and O–H groups in total. The monoisotopic (exact) mass is 347 g/mol. The number of hydrogen-bond acceptors (Lipinski definition) is 1. The molecule has 130 valence electrons. The molecule has 1 nitrogen and oxygen atoms in total. The van der Waals surface area contributed by atoms with E-state index in [1.54, 1.807) is 0 Å². The summed E-state index contributed by atoms with van der Waals surface area (Å²) < 4.78 is 0. The molecule has 0 saturated heterocycles. The lowest BCUT2D eigenvalue weighted by atomic mass is 9.69. The number of nitrogens with two attached hydrogens (primary N) is 1. The van der Waals surface area contributed by atoms with E-state index in [1.165, 1.54) is 44.5 Å². The van der Waals surface area contributed by atoms with Crippen LogP contribution in [0.3, 0.4) is 0 Å². The van der Waals surface area contributed by atoms with E-state index in [0.29, 0.717) is 5.92 Å². The first kappa shape index (κ1) is 15.0. The van der Waals surface area contributed by atoms with Gasteiger partial charge in [-0.3, -0.25) is 0 Å². The van der Waals surface area contributed by atoms with Crippen LogP contribution < -0.4 is 5.73 Å². The van der Waals surface area contributed by atoms with Crippen LogP contribution in [0.25, 0.3) is 11.1 Å². The molecule has 0 amide bonds. The van der Waals surface area contributed by atoms with E-state index in [2.05, 4.69) is 85.8 Å². The van der Waals surface area contributed by atoms with Crippen molar-refractivity contribution in [3.63, 3.8) is 0 Å². The number of allylic oxidation sites excluding steroid dienone is 9. The molecule has 0 heterocycles. The van der Waals surface area contributed by atoms with Crippen LogP contribution in [0.4, 0.5) is 0 Å². The van der Waals surface area contributed by atoms with Crippen LogP contribution in [0, 0.1) is 5.92 Å². The van der Waals surface area contributed by atoms with Crippen molar-refractivity contribution in [2.75, 3.05) is 0 Å². The molecule has 0 aliphatic heterocycles. The maximum atomic E-state index is 6.66. The highest BCUT2D eigenvalue weighted by Crippen LogP contribution is 2.65. The van der Waals surface area contributed by atoms with Crippen LogP contribution in [-0.4, -0.2) is 0 Å². The lowest BCUT2D eigenvalue weighted by molar-refractivity contribution is 0.773. The highest BCUT2D eigenvalue weighted by atomic mass is 14.7. The molecule has 27 heavy (non-hydrogen) atoms. The molecule has 0 fully saturated rings. The van der Waals surface area contributed by atoms with Gasteiger partial charge in [0.2, 0.25) is 0 Å². The van der Waals surface area contributed by atoms with Gasteiger partial charge < -0.3 is 5.73 Å². The van der Waals surface area contributed by atoms with Crippen molar-refractivity contribution in [2.45, 2.75) is 18.8 Å². The molecule has 2 unspecified atom stereocenters. The van der Waals surface area contributed by atoms with E-state index < -0.39 is 0 Å². The summed E-state index contributed by atoms with van der Waals surface area (Å²) in [7, 11) is 0. The molecule has 0 bridgehead atoms. The van der Waals surface area contributed by atoms with Crippen molar-refractivity contribution in [1.82, 2.24) is 0 Å². The van der Waals surface area contributed by atoms with E-state index in [0.717, 1.165) is 12.1 Å². The third kappa shape index (κ3) is 1.66. The average molecular weight is 347 g/mol. The summed E-state index contributed by atoms with van der Waals surface area (Å²) in [6, 6.07) is 17.8. The summed E-state index contributed by atoms with van der Waals surface area (Å²) in [5.41, 5.74) is 18.2. The van der Waals surface area contributed by atoms with E-state index in [-0.39, 0.29) is 5.41 Å². The number of benzene rings is 2. The zero-order valence-corrected chi connectivity index (χ0v) is 15.4. The highest BCUT2D eigenvalue weighted by molar-refractivity contribution is 6.03. The van der Waals surface area contributed by atoms with Gasteiger partial charge in [0.15, 0.2) is 0 Å². The van der Waals surface area contributed by atoms with Gasteiger partial charge in [0.25, 0.3) is 0 Å². The highest BCUT2D eigenvalue weighted by Gasteiger charge is 2.55. The quantitative estimate of drug-likeness (QED) is 0.667. The molecular weight excluding hydrogens is 326 g/mol. The largest absolute Gasteiger partial charge is 0.401 e. The van der Waals surface area contributed by atoms with Gasteiger partial charge in [0, 0.05) is 12.1 Å². The fourth-order valence-corrected chi connectivity index (χ4v) is 5.51. The fraction of sp³-hybridized carbons (Fsp3) is 0.154. The molecule has 4 aliphatic rings. The van der Waals surface area contributed by atoms with Crippen LogP contribution in [0.5, 0.6) is 0 Å². The molecule has 2 aromatic carbocycles. The summed E-state index contributed by atoms with van der Waals surface area (Å²) in [6.07, 6.45) is 12.5. The van der Waals surface area contributed by atoms with Crippen molar-refractivity contribution in [3.05, 3.63) is 118 Å². The normalized spacial score (nSPS) is 26.9. The second-order valence-corrected chi connectivity index (χ2v) is 7.97. The van der Waals surface area contributed by atoms with E-state index in [4.69, 9.17) is 5.73 Å². The molecule has 0 radical (unpaired) electrons. The minimum Gasteiger partial charge on any atom is -0.401 e. The minimum atomic E-state index is -0.278. The Morgan fingerprint density at radius 3 is 2.37 bits per heavy atom. The van der Waals surface area contributed by atoms with E-state index in [1.807, 2.05) is 0 Å². The van der Waals surface area contributed by atoms with Gasteiger partial charge in [-0.2, -0.15) is 0 Å². The van der Waals surface area contributed by atoms with E-state index >= 15 is 0 Å². The molecular formula is C26H21N.